The summed E-state index contributed by atoms with van der Waals surface area (Å²) in [6, 6.07) is 1.45. The number of halogens is 3. The van der Waals surface area contributed by atoms with E-state index in [-0.39, 0.29) is 11.5 Å². The van der Waals surface area contributed by atoms with Gasteiger partial charge in [0.15, 0.2) is 17.5 Å². The van der Waals surface area contributed by atoms with Gasteiger partial charge in [-0.3, -0.25) is 4.79 Å². The molecular formula is C13H16F3NO. The molecule has 0 spiro atoms. The van der Waals surface area contributed by atoms with E-state index in [0.717, 1.165) is 12.1 Å². The van der Waals surface area contributed by atoms with Crippen molar-refractivity contribution in [1.29, 1.82) is 0 Å². The summed E-state index contributed by atoms with van der Waals surface area (Å²) in [7, 11) is 0. The van der Waals surface area contributed by atoms with Crippen molar-refractivity contribution >= 4 is 5.91 Å². The molecule has 1 aromatic rings. The van der Waals surface area contributed by atoms with E-state index in [1.54, 1.807) is 6.92 Å². The van der Waals surface area contributed by atoms with Gasteiger partial charge < -0.3 is 4.90 Å². The van der Waals surface area contributed by atoms with Gasteiger partial charge in [-0.2, -0.15) is 0 Å². The third kappa shape index (κ3) is 3.24. The van der Waals surface area contributed by atoms with Crippen molar-refractivity contribution < 1.29 is 18.0 Å². The number of hydrogen-bond acceptors (Lipinski definition) is 1. The lowest BCUT2D eigenvalue weighted by Crippen LogP contribution is -2.34. The highest BCUT2D eigenvalue weighted by Gasteiger charge is 2.19. The summed E-state index contributed by atoms with van der Waals surface area (Å²) in [4.78, 5) is 13.5. The Bertz CT molecular complexity index is 423. The van der Waals surface area contributed by atoms with Gasteiger partial charge in [0, 0.05) is 18.7 Å². The Morgan fingerprint density at radius 2 is 1.72 bits per heavy atom. The van der Waals surface area contributed by atoms with Gasteiger partial charge in [-0.1, -0.05) is 13.8 Å². The summed E-state index contributed by atoms with van der Waals surface area (Å²) in [5, 5.41) is 0. The number of carbonyl (C=O) groups is 1. The van der Waals surface area contributed by atoms with Crippen LogP contribution >= 0.6 is 0 Å². The smallest absolute Gasteiger partial charge is 0.254 e. The van der Waals surface area contributed by atoms with Gasteiger partial charge in [-0.15, -0.1) is 0 Å². The predicted octanol–water partition coefficient (Wildman–Crippen LogP) is 3.22. The van der Waals surface area contributed by atoms with E-state index in [1.807, 2.05) is 13.8 Å². The molecule has 0 N–H and O–H groups in total. The minimum absolute atomic E-state index is 0.172. The van der Waals surface area contributed by atoms with Crippen molar-refractivity contribution in [3.8, 4) is 0 Å². The fourth-order valence-corrected chi connectivity index (χ4v) is 1.66. The van der Waals surface area contributed by atoms with Crippen LogP contribution in [0.5, 0.6) is 0 Å². The van der Waals surface area contributed by atoms with Crippen LogP contribution in [0.4, 0.5) is 13.2 Å². The molecule has 0 bridgehead atoms. The zero-order chi connectivity index (χ0) is 13.9. The second kappa shape index (κ2) is 5.89. The van der Waals surface area contributed by atoms with E-state index in [9.17, 15) is 18.0 Å². The highest BCUT2D eigenvalue weighted by molar-refractivity contribution is 5.94. The lowest BCUT2D eigenvalue weighted by atomic mass is 10.1. The summed E-state index contributed by atoms with van der Waals surface area (Å²) in [5.74, 6) is -4.51. The lowest BCUT2D eigenvalue weighted by molar-refractivity contribution is 0.0744. The van der Waals surface area contributed by atoms with Crippen LogP contribution in [0.15, 0.2) is 12.1 Å². The molecule has 0 saturated carbocycles. The molecule has 5 heteroatoms. The van der Waals surface area contributed by atoms with Gasteiger partial charge in [0.05, 0.1) is 0 Å². The zero-order valence-corrected chi connectivity index (χ0v) is 10.6. The molecule has 0 aromatic heterocycles. The van der Waals surface area contributed by atoms with Gasteiger partial charge in [-0.25, -0.2) is 13.2 Å². The van der Waals surface area contributed by atoms with Crippen LogP contribution < -0.4 is 0 Å². The van der Waals surface area contributed by atoms with E-state index in [0.29, 0.717) is 13.1 Å². The Hall–Kier alpha value is -1.52. The fourth-order valence-electron chi connectivity index (χ4n) is 1.66. The number of nitrogens with zero attached hydrogens (tertiary/aromatic N) is 1. The minimum Gasteiger partial charge on any atom is -0.339 e. The number of amides is 1. The van der Waals surface area contributed by atoms with E-state index in [2.05, 4.69) is 0 Å². The highest BCUT2D eigenvalue weighted by atomic mass is 19.2. The second-order valence-corrected chi connectivity index (χ2v) is 4.49. The lowest BCUT2D eigenvalue weighted by Gasteiger charge is -2.23. The van der Waals surface area contributed by atoms with Crippen molar-refractivity contribution in [2.24, 2.45) is 5.92 Å². The molecule has 0 aliphatic heterocycles. The maximum Gasteiger partial charge on any atom is 0.254 e. The molecule has 0 heterocycles. The third-order valence-electron chi connectivity index (χ3n) is 2.49. The molecule has 0 aliphatic carbocycles. The van der Waals surface area contributed by atoms with Gasteiger partial charge in [0.2, 0.25) is 0 Å². The number of benzene rings is 1. The topological polar surface area (TPSA) is 20.3 Å². The van der Waals surface area contributed by atoms with Crippen LogP contribution in [0.2, 0.25) is 0 Å². The zero-order valence-electron chi connectivity index (χ0n) is 10.6. The normalized spacial score (nSPS) is 10.8. The molecule has 0 unspecified atom stereocenters. The second-order valence-electron chi connectivity index (χ2n) is 4.49. The van der Waals surface area contributed by atoms with Gasteiger partial charge in [0.25, 0.3) is 5.91 Å². The van der Waals surface area contributed by atoms with Crippen molar-refractivity contribution in [2.75, 3.05) is 13.1 Å². The summed E-state index contributed by atoms with van der Waals surface area (Å²) >= 11 is 0. The van der Waals surface area contributed by atoms with Crippen molar-refractivity contribution in [1.82, 2.24) is 4.90 Å². The molecular weight excluding hydrogens is 243 g/mol. The highest BCUT2D eigenvalue weighted by Crippen LogP contribution is 2.15. The maximum absolute atomic E-state index is 13.0. The molecule has 0 aliphatic rings. The molecule has 0 fully saturated rings. The molecule has 0 atom stereocenters. The molecule has 1 rings (SSSR count). The Morgan fingerprint density at radius 1 is 1.22 bits per heavy atom. The average Bonchev–Trinajstić information content (AvgIpc) is 2.31. The van der Waals surface area contributed by atoms with Crippen LogP contribution in [0.3, 0.4) is 0 Å². The Kier molecular flexibility index (Phi) is 4.76. The minimum atomic E-state index is -1.56. The first-order valence-corrected chi connectivity index (χ1v) is 5.80. The first kappa shape index (κ1) is 14.5. The molecule has 100 valence electrons. The van der Waals surface area contributed by atoms with Gasteiger partial charge in [0.1, 0.15) is 0 Å². The SMILES string of the molecule is CCN(CC(C)C)C(=O)c1cc(F)c(F)c(F)c1. The van der Waals surface area contributed by atoms with E-state index in [4.69, 9.17) is 0 Å². The molecule has 1 amide bonds. The summed E-state index contributed by atoms with van der Waals surface area (Å²) in [6.45, 7) is 6.55. The largest absolute Gasteiger partial charge is 0.339 e. The summed E-state index contributed by atoms with van der Waals surface area (Å²) in [5.41, 5.74) is -0.172. The van der Waals surface area contributed by atoms with E-state index >= 15 is 0 Å². The van der Waals surface area contributed by atoms with Crippen LogP contribution in [0, 0.1) is 23.4 Å². The van der Waals surface area contributed by atoms with Crippen LogP contribution in [0.1, 0.15) is 31.1 Å². The van der Waals surface area contributed by atoms with Crippen LogP contribution in [0.25, 0.3) is 0 Å². The van der Waals surface area contributed by atoms with Crippen molar-refractivity contribution in [2.45, 2.75) is 20.8 Å². The molecule has 0 saturated heterocycles. The van der Waals surface area contributed by atoms with Crippen molar-refractivity contribution in [3.63, 3.8) is 0 Å². The summed E-state index contributed by atoms with van der Waals surface area (Å²) in [6.07, 6.45) is 0. The molecule has 18 heavy (non-hydrogen) atoms. The Morgan fingerprint density at radius 3 is 2.11 bits per heavy atom. The Labute approximate surface area is 104 Å². The Balaban J connectivity index is 3.02. The summed E-state index contributed by atoms with van der Waals surface area (Å²) < 4.78 is 38.9. The van der Waals surface area contributed by atoms with E-state index in [1.165, 1.54) is 4.90 Å². The van der Waals surface area contributed by atoms with Gasteiger partial charge >= 0.3 is 0 Å². The van der Waals surface area contributed by atoms with Gasteiger partial charge in [-0.05, 0) is 25.0 Å². The first-order valence-electron chi connectivity index (χ1n) is 5.80. The van der Waals surface area contributed by atoms with E-state index < -0.39 is 23.4 Å². The maximum atomic E-state index is 13.0. The molecule has 1 aromatic carbocycles. The van der Waals surface area contributed by atoms with Crippen LogP contribution in [-0.2, 0) is 0 Å². The van der Waals surface area contributed by atoms with Crippen LogP contribution in [-0.4, -0.2) is 23.9 Å². The predicted molar refractivity (Wildman–Crippen MR) is 62.7 cm³/mol. The number of rotatable bonds is 4. The first-order chi connectivity index (χ1) is 8.36. The molecule has 0 radical (unpaired) electrons. The molecule has 2 nitrogen and oxygen atoms in total. The third-order valence-corrected chi connectivity index (χ3v) is 2.49. The standard InChI is InChI=1S/C13H16F3NO/c1-4-17(7-8(2)3)13(18)9-5-10(14)12(16)11(15)6-9/h5-6,8H,4,7H2,1-3H3. The number of carbonyl (C=O) groups excluding carboxylic acids is 1. The fraction of sp³-hybridized carbons (Fsp3) is 0.462. The number of hydrogen-bond donors (Lipinski definition) is 0. The van der Waals surface area contributed by atoms with Crippen molar-refractivity contribution in [3.05, 3.63) is 35.1 Å². The average molecular weight is 259 g/mol. The monoisotopic (exact) mass is 259 g/mol. The quantitative estimate of drug-likeness (QED) is 0.760.